The summed E-state index contributed by atoms with van der Waals surface area (Å²) in [6.45, 7) is 4.48. The van der Waals surface area contributed by atoms with E-state index in [9.17, 15) is 19.4 Å². The lowest BCUT2D eigenvalue weighted by Crippen LogP contribution is -2.45. The Labute approximate surface area is 424 Å². The second kappa shape index (κ2) is 49.9. The number of hydrogen-bond acceptors (Lipinski definition) is 6. The molecule has 0 radical (unpaired) electrons. The van der Waals surface area contributed by atoms with Crippen LogP contribution in [0.3, 0.4) is 0 Å². The second-order valence-electron chi connectivity index (χ2n) is 19.2. The van der Waals surface area contributed by atoms with Crippen molar-refractivity contribution in [3.05, 3.63) is 122 Å². The molecule has 0 aliphatic rings. The molecule has 3 unspecified atom stereocenters. The van der Waals surface area contributed by atoms with Crippen LogP contribution in [0.25, 0.3) is 0 Å². The minimum atomic E-state index is -4.62. The van der Waals surface area contributed by atoms with Gasteiger partial charge in [0.05, 0.1) is 39.9 Å². The van der Waals surface area contributed by atoms with Crippen LogP contribution in [0.1, 0.15) is 200 Å². The molecule has 3 atom stereocenters. The maximum absolute atomic E-state index is 12.9. The topological polar surface area (TPSA) is 108 Å². The fraction of sp³-hybridized carbons (Fsp3) is 0.650. The van der Waals surface area contributed by atoms with Gasteiger partial charge < -0.3 is 28.8 Å². The number of amides is 1. The molecular weight excluding hydrogens is 876 g/mol. The van der Waals surface area contributed by atoms with Gasteiger partial charge in [-0.1, -0.05) is 219 Å². The maximum Gasteiger partial charge on any atom is 0.268 e. The summed E-state index contributed by atoms with van der Waals surface area (Å²) >= 11 is 0. The zero-order chi connectivity index (χ0) is 50.6. The first kappa shape index (κ1) is 65.9. The third-order valence-corrected chi connectivity index (χ3v) is 12.4. The monoisotopic (exact) mass is 979 g/mol. The van der Waals surface area contributed by atoms with E-state index in [0.717, 1.165) is 116 Å². The maximum atomic E-state index is 12.9. The van der Waals surface area contributed by atoms with Gasteiger partial charge in [0.25, 0.3) is 7.82 Å². The molecule has 0 saturated carbocycles. The van der Waals surface area contributed by atoms with E-state index in [1.807, 2.05) is 27.2 Å². The van der Waals surface area contributed by atoms with Gasteiger partial charge >= 0.3 is 0 Å². The van der Waals surface area contributed by atoms with Crippen LogP contribution in [0.4, 0.5) is 0 Å². The molecular formula is C60H103N2O6P. The fourth-order valence-corrected chi connectivity index (χ4v) is 7.85. The first-order chi connectivity index (χ1) is 33.5. The van der Waals surface area contributed by atoms with Gasteiger partial charge in [-0.3, -0.25) is 9.36 Å². The first-order valence-corrected chi connectivity index (χ1v) is 28.9. The number of nitrogens with zero attached hydrogens (tertiary/aromatic N) is 1. The van der Waals surface area contributed by atoms with Gasteiger partial charge in [-0.05, 0) is 96.3 Å². The molecule has 0 aromatic heterocycles. The molecule has 9 heteroatoms. The Morgan fingerprint density at radius 2 is 0.899 bits per heavy atom. The zero-order valence-electron chi connectivity index (χ0n) is 44.7. The minimum Gasteiger partial charge on any atom is -0.756 e. The van der Waals surface area contributed by atoms with Crippen molar-refractivity contribution in [2.75, 3.05) is 40.9 Å². The number of rotatable bonds is 48. The van der Waals surface area contributed by atoms with Crippen LogP contribution >= 0.6 is 7.82 Å². The molecule has 2 N–H and O–H groups in total. The third kappa shape index (κ3) is 52.6. The molecule has 0 saturated heterocycles. The Morgan fingerprint density at radius 3 is 1.35 bits per heavy atom. The number of nitrogens with one attached hydrogen (secondary N) is 1. The summed E-state index contributed by atoms with van der Waals surface area (Å²) in [4.78, 5) is 25.4. The molecule has 0 rings (SSSR count). The van der Waals surface area contributed by atoms with E-state index in [1.165, 1.54) is 64.2 Å². The van der Waals surface area contributed by atoms with E-state index in [-0.39, 0.29) is 12.5 Å². The van der Waals surface area contributed by atoms with Gasteiger partial charge in [-0.2, -0.15) is 0 Å². The summed E-state index contributed by atoms with van der Waals surface area (Å²) in [6.07, 6.45) is 74.1. The van der Waals surface area contributed by atoms with Crippen molar-refractivity contribution < 1.29 is 32.9 Å². The van der Waals surface area contributed by atoms with Crippen molar-refractivity contribution in [2.24, 2.45) is 0 Å². The predicted octanol–water partition coefficient (Wildman–Crippen LogP) is 16.0. The normalized spacial score (nSPS) is 14.9. The highest BCUT2D eigenvalue weighted by Crippen LogP contribution is 2.38. The number of allylic oxidation sites excluding steroid dienone is 19. The highest BCUT2D eigenvalue weighted by atomic mass is 31.2. The second-order valence-corrected chi connectivity index (χ2v) is 20.6. The number of likely N-dealkylation sites (N-methyl/N-ethyl adjacent to an activating group) is 1. The van der Waals surface area contributed by atoms with Crippen LogP contribution in [0.15, 0.2) is 122 Å². The number of quaternary nitrogens is 1. The van der Waals surface area contributed by atoms with Crippen LogP contribution in [-0.4, -0.2) is 68.5 Å². The Hall–Kier alpha value is -3.10. The van der Waals surface area contributed by atoms with Gasteiger partial charge in [0.15, 0.2) is 0 Å². The SMILES string of the molecule is CC/C=C\C/C=C\C/C=C\C/C=C\C/C=C\C/C=C\C/C=C\C/C=C\CCCCCCCCC(=O)NC(COP(=O)([O-])OCC[N+](C)(C)C)C(O)/C=C/CC/C=C/CCCCCCCCCCCC. The lowest BCUT2D eigenvalue weighted by molar-refractivity contribution is -0.870. The van der Waals surface area contributed by atoms with Crippen LogP contribution < -0.4 is 10.2 Å². The number of carbonyl (C=O) groups excluding carboxylic acids is 1. The van der Waals surface area contributed by atoms with Crippen molar-refractivity contribution >= 4 is 13.7 Å². The molecule has 8 nitrogen and oxygen atoms in total. The minimum absolute atomic E-state index is 0.0163. The zero-order valence-corrected chi connectivity index (χ0v) is 45.6. The number of phosphoric acid groups is 1. The van der Waals surface area contributed by atoms with Crippen molar-refractivity contribution in [3.8, 4) is 0 Å². The van der Waals surface area contributed by atoms with Gasteiger partial charge in [-0.15, -0.1) is 0 Å². The summed E-state index contributed by atoms with van der Waals surface area (Å²) in [7, 11) is 1.21. The molecule has 0 aromatic rings. The van der Waals surface area contributed by atoms with E-state index >= 15 is 0 Å². The number of hydrogen-bond donors (Lipinski definition) is 2. The number of aliphatic hydroxyl groups excluding tert-OH is 1. The standard InChI is InChI=1S/C60H103N2O6P/c1-6-8-10-12-14-16-18-20-22-24-25-26-27-28-29-30-31-32-33-34-35-36-37-38-40-42-44-46-48-50-52-54-60(64)61-58(57-68-69(65,66)67-56-55-62(3,4)5)59(63)53-51-49-47-45-43-41-39-23-21-19-17-15-13-11-9-7-2/h8,10,14,16,20,22,25-26,28-29,31-32,34-35,37-38,43,45,51,53,58-59,63H,6-7,9,11-13,15,17-19,21,23-24,27,30,33,36,39-42,44,46-50,52,54-57H2,1-5H3,(H-,61,64,65,66)/b10-8-,16-14-,22-20-,26-25-,29-28-,32-31-,35-34-,38-37-,45-43+,53-51+. The van der Waals surface area contributed by atoms with Crippen molar-refractivity contribution in [1.82, 2.24) is 5.32 Å². The van der Waals surface area contributed by atoms with E-state index in [1.54, 1.807) is 6.08 Å². The fourth-order valence-electron chi connectivity index (χ4n) is 7.12. The molecule has 0 aliphatic carbocycles. The van der Waals surface area contributed by atoms with E-state index in [4.69, 9.17) is 9.05 Å². The quantitative estimate of drug-likeness (QED) is 0.0272. The number of unbranched alkanes of at least 4 members (excludes halogenated alkanes) is 17. The molecule has 69 heavy (non-hydrogen) atoms. The Bertz CT molecular complexity index is 1530. The molecule has 0 spiro atoms. The Morgan fingerprint density at radius 1 is 0.522 bits per heavy atom. The van der Waals surface area contributed by atoms with Crippen LogP contribution in [0, 0.1) is 0 Å². The van der Waals surface area contributed by atoms with Gasteiger partial charge in [-0.25, -0.2) is 0 Å². The first-order valence-electron chi connectivity index (χ1n) is 27.4. The smallest absolute Gasteiger partial charge is 0.268 e. The Balaban J connectivity index is 4.32. The average Bonchev–Trinajstić information content (AvgIpc) is 3.31. The van der Waals surface area contributed by atoms with Crippen molar-refractivity contribution in [1.29, 1.82) is 0 Å². The predicted molar refractivity (Wildman–Crippen MR) is 297 cm³/mol. The van der Waals surface area contributed by atoms with Gasteiger partial charge in [0, 0.05) is 6.42 Å². The summed E-state index contributed by atoms with van der Waals surface area (Å²) in [6, 6.07) is -0.920. The highest BCUT2D eigenvalue weighted by molar-refractivity contribution is 7.45. The summed E-state index contributed by atoms with van der Waals surface area (Å²) < 4.78 is 23.3. The van der Waals surface area contributed by atoms with Gasteiger partial charge in [0.1, 0.15) is 13.2 Å². The molecule has 0 aliphatic heterocycles. The van der Waals surface area contributed by atoms with Gasteiger partial charge in [0.2, 0.25) is 5.91 Å². The average molecular weight is 979 g/mol. The lowest BCUT2D eigenvalue weighted by atomic mass is 10.1. The molecule has 0 aromatic carbocycles. The lowest BCUT2D eigenvalue weighted by Gasteiger charge is -2.29. The Kier molecular flexibility index (Phi) is 47.6. The molecule has 0 fully saturated rings. The van der Waals surface area contributed by atoms with E-state index in [0.29, 0.717) is 17.4 Å². The summed E-state index contributed by atoms with van der Waals surface area (Å²) in [5.74, 6) is -0.228. The largest absolute Gasteiger partial charge is 0.756 e. The molecule has 394 valence electrons. The molecule has 0 bridgehead atoms. The van der Waals surface area contributed by atoms with Crippen LogP contribution in [0.2, 0.25) is 0 Å². The van der Waals surface area contributed by atoms with E-state index < -0.39 is 26.6 Å². The van der Waals surface area contributed by atoms with Crippen molar-refractivity contribution in [2.45, 2.75) is 212 Å². The van der Waals surface area contributed by atoms with E-state index in [2.05, 4.69) is 129 Å². The number of phosphoric ester groups is 1. The number of carbonyl (C=O) groups is 1. The van der Waals surface area contributed by atoms with Crippen LogP contribution in [0.5, 0.6) is 0 Å². The molecule has 1 amide bonds. The molecule has 0 heterocycles. The van der Waals surface area contributed by atoms with Crippen molar-refractivity contribution in [3.63, 3.8) is 0 Å². The number of aliphatic hydroxyl groups is 1. The van der Waals surface area contributed by atoms with Crippen LogP contribution in [-0.2, 0) is 18.4 Å². The summed E-state index contributed by atoms with van der Waals surface area (Å²) in [5, 5.41) is 13.8. The highest BCUT2D eigenvalue weighted by Gasteiger charge is 2.23. The summed E-state index contributed by atoms with van der Waals surface area (Å²) in [5.41, 5.74) is 0. The third-order valence-electron chi connectivity index (χ3n) is 11.4.